The summed E-state index contributed by atoms with van der Waals surface area (Å²) in [5.41, 5.74) is 1.39. The highest BCUT2D eigenvalue weighted by Crippen LogP contribution is 2.47. The molecule has 0 unspecified atom stereocenters. The first-order valence-corrected chi connectivity index (χ1v) is 11.8. The van der Waals surface area contributed by atoms with Crippen LogP contribution in [-0.2, 0) is 4.79 Å². The van der Waals surface area contributed by atoms with E-state index >= 15 is 0 Å². The maximum Gasteiger partial charge on any atom is 0.254 e. The van der Waals surface area contributed by atoms with E-state index in [2.05, 4.69) is 10.3 Å². The molecule has 1 N–H and O–H groups in total. The lowest BCUT2D eigenvalue weighted by molar-refractivity contribution is -0.119. The Bertz CT molecular complexity index is 1090. The van der Waals surface area contributed by atoms with Gasteiger partial charge in [0.2, 0.25) is 5.91 Å². The van der Waals surface area contributed by atoms with Crippen molar-refractivity contribution >= 4 is 40.6 Å². The second kappa shape index (κ2) is 8.44. The number of anilines is 1. The van der Waals surface area contributed by atoms with Gasteiger partial charge in [0, 0.05) is 22.7 Å². The molecule has 5 nitrogen and oxygen atoms in total. The molecule has 3 aromatic rings. The van der Waals surface area contributed by atoms with Crippen molar-refractivity contribution in [2.45, 2.75) is 43.7 Å². The van der Waals surface area contributed by atoms with Crippen LogP contribution in [0.15, 0.2) is 60.1 Å². The first-order chi connectivity index (χ1) is 15.1. The molecule has 1 fully saturated rings. The summed E-state index contributed by atoms with van der Waals surface area (Å²) in [6, 6.07) is 14.7. The maximum atomic E-state index is 13.7. The fourth-order valence-electron chi connectivity index (χ4n) is 4.83. The van der Waals surface area contributed by atoms with Crippen LogP contribution in [0.2, 0.25) is 5.02 Å². The van der Waals surface area contributed by atoms with E-state index in [9.17, 15) is 9.59 Å². The molecule has 1 aromatic carbocycles. The van der Waals surface area contributed by atoms with Crippen molar-refractivity contribution in [1.82, 2.24) is 9.88 Å². The smallest absolute Gasteiger partial charge is 0.254 e. The molecule has 158 valence electrons. The quantitative estimate of drug-likeness (QED) is 0.556. The Kier molecular flexibility index (Phi) is 5.50. The van der Waals surface area contributed by atoms with Crippen LogP contribution in [0, 0.1) is 0 Å². The summed E-state index contributed by atoms with van der Waals surface area (Å²) >= 11 is 7.54. The van der Waals surface area contributed by atoms with Gasteiger partial charge in [0.25, 0.3) is 5.91 Å². The summed E-state index contributed by atoms with van der Waals surface area (Å²) in [4.78, 5) is 34.6. The number of aromatic nitrogens is 1. The SMILES string of the molecule is O=C(Nc1ccc(Cl)cn1)[C@H]1c2ccccc2C(=O)N(C2CCCC2)[C@H]1c1cccs1. The van der Waals surface area contributed by atoms with Gasteiger partial charge in [-0.2, -0.15) is 0 Å². The van der Waals surface area contributed by atoms with Gasteiger partial charge in [0.05, 0.1) is 17.0 Å². The van der Waals surface area contributed by atoms with Crippen molar-refractivity contribution < 1.29 is 9.59 Å². The van der Waals surface area contributed by atoms with E-state index in [1.807, 2.05) is 46.7 Å². The molecule has 31 heavy (non-hydrogen) atoms. The molecule has 1 aliphatic carbocycles. The van der Waals surface area contributed by atoms with Gasteiger partial charge in [0.15, 0.2) is 0 Å². The van der Waals surface area contributed by atoms with E-state index in [0.29, 0.717) is 16.4 Å². The van der Waals surface area contributed by atoms with Crippen LogP contribution >= 0.6 is 22.9 Å². The Morgan fingerprint density at radius 3 is 2.61 bits per heavy atom. The number of hydrogen-bond donors (Lipinski definition) is 1. The minimum absolute atomic E-state index is 0.0227. The van der Waals surface area contributed by atoms with Gasteiger partial charge in [-0.3, -0.25) is 9.59 Å². The number of nitrogens with zero attached hydrogens (tertiary/aromatic N) is 2. The normalized spacial score (nSPS) is 21.2. The number of halogens is 1. The number of pyridine rings is 1. The van der Waals surface area contributed by atoms with Crippen molar-refractivity contribution in [3.05, 3.63) is 81.1 Å². The first-order valence-electron chi connectivity index (χ1n) is 10.5. The number of fused-ring (bicyclic) bond motifs is 1. The van der Waals surface area contributed by atoms with Crippen LogP contribution in [0.3, 0.4) is 0 Å². The van der Waals surface area contributed by atoms with Crippen LogP contribution in [0.25, 0.3) is 0 Å². The topological polar surface area (TPSA) is 62.3 Å². The molecule has 2 amide bonds. The van der Waals surface area contributed by atoms with E-state index in [1.54, 1.807) is 23.5 Å². The zero-order chi connectivity index (χ0) is 21.4. The molecule has 5 rings (SSSR count). The molecule has 1 aliphatic heterocycles. The fourth-order valence-corrected chi connectivity index (χ4v) is 5.81. The summed E-state index contributed by atoms with van der Waals surface area (Å²) < 4.78 is 0. The predicted molar refractivity (Wildman–Crippen MR) is 123 cm³/mol. The highest BCUT2D eigenvalue weighted by molar-refractivity contribution is 7.10. The number of carbonyl (C=O) groups excluding carboxylic acids is 2. The third kappa shape index (κ3) is 3.75. The largest absolute Gasteiger partial charge is 0.327 e. The van der Waals surface area contributed by atoms with Crippen molar-refractivity contribution in [2.75, 3.05) is 5.32 Å². The molecule has 3 heterocycles. The van der Waals surface area contributed by atoms with Gasteiger partial charge >= 0.3 is 0 Å². The number of carbonyl (C=O) groups is 2. The third-order valence-corrected chi connectivity index (χ3v) is 7.36. The zero-order valence-electron chi connectivity index (χ0n) is 16.8. The van der Waals surface area contributed by atoms with Gasteiger partial charge < -0.3 is 10.2 Å². The second-order valence-electron chi connectivity index (χ2n) is 8.03. The van der Waals surface area contributed by atoms with Gasteiger partial charge in [-0.1, -0.05) is 48.7 Å². The molecule has 2 atom stereocenters. The predicted octanol–water partition coefficient (Wildman–Crippen LogP) is 5.66. The average Bonchev–Trinajstić information content (AvgIpc) is 3.49. The summed E-state index contributed by atoms with van der Waals surface area (Å²) in [7, 11) is 0. The number of amides is 2. The van der Waals surface area contributed by atoms with Crippen LogP contribution in [0.5, 0.6) is 0 Å². The van der Waals surface area contributed by atoms with Gasteiger partial charge in [-0.05, 0) is 48.1 Å². The molecule has 0 bridgehead atoms. The van der Waals surface area contributed by atoms with Crippen molar-refractivity contribution in [3.63, 3.8) is 0 Å². The Morgan fingerprint density at radius 1 is 1.10 bits per heavy atom. The van der Waals surface area contributed by atoms with Gasteiger partial charge in [-0.15, -0.1) is 11.3 Å². The summed E-state index contributed by atoms with van der Waals surface area (Å²) in [5.74, 6) is -0.225. The van der Waals surface area contributed by atoms with E-state index in [4.69, 9.17) is 11.6 Å². The highest BCUT2D eigenvalue weighted by atomic mass is 35.5. The van der Waals surface area contributed by atoms with Crippen LogP contribution < -0.4 is 5.32 Å². The third-order valence-electron chi connectivity index (χ3n) is 6.19. The summed E-state index contributed by atoms with van der Waals surface area (Å²) in [6.45, 7) is 0. The van der Waals surface area contributed by atoms with E-state index < -0.39 is 5.92 Å². The van der Waals surface area contributed by atoms with E-state index in [0.717, 1.165) is 36.1 Å². The van der Waals surface area contributed by atoms with E-state index in [1.165, 1.54) is 6.20 Å². The fraction of sp³-hybridized carbons (Fsp3) is 0.292. The minimum Gasteiger partial charge on any atom is -0.327 e. The van der Waals surface area contributed by atoms with E-state index in [-0.39, 0.29) is 23.9 Å². The van der Waals surface area contributed by atoms with Crippen molar-refractivity contribution in [2.24, 2.45) is 0 Å². The standard InChI is InChI=1S/C24H22ClN3O2S/c25-15-11-12-20(26-14-15)27-23(29)21-17-8-3-4-9-18(17)24(30)28(16-6-1-2-7-16)22(21)19-10-5-13-31-19/h3-5,8-14,16,21-22H,1-2,6-7H2,(H,26,27,29)/t21-,22-/m0/s1. The summed E-state index contributed by atoms with van der Waals surface area (Å²) in [5, 5.41) is 5.47. The van der Waals surface area contributed by atoms with Crippen LogP contribution in [0.4, 0.5) is 5.82 Å². The number of hydrogen-bond acceptors (Lipinski definition) is 4. The molecule has 0 saturated heterocycles. The monoisotopic (exact) mass is 451 g/mol. The Labute approximate surface area is 190 Å². The molecule has 1 saturated carbocycles. The lowest BCUT2D eigenvalue weighted by Gasteiger charge is -2.44. The second-order valence-corrected chi connectivity index (χ2v) is 9.44. The molecule has 2 aliphatic rings. The molecule has 7 heteroatoms. The van der Waals surface area contributed by atoms with Crippen LogP contribution in [0.1, 0.15) is 58.4 Å². The van der Waals surface area contributed by atoms with Crippen molar-refractivity contribution in [1.29, 1.82) is 0 Å². The Hall–Kier alpha value is -2.70. The average molecular weight is 452 g/mol. The first kappa shape index (κ1) is 20.2. The lowest BCUT2D eigenvalue weighted by Crippen LogP contribution is -2.49. The molecule has 0 spiro atoms. The molecular formula is C24H22ClN3O2S. The molecular weight excluding hydrogens is 430 g/mol. The number of benzene rings is 1. The summed E-state index contributed by atoms with van der Waals surface area (Å²) in [6.07, 6.45) is 5.68. The van der Waals surface area contributed by atoms with Gasteiger partial charge in [0.1, 0.15) is 5.82 Å². The highest BCUT2D eigenvalue weighted by Gasteiger charge is 2.47. The number of thiophene rings is 1. The van der Waals surface area contributed by atoms with Gasteiger partial charge in [-0.25, -0.2) is 4.98 Å². The Balaban J connectivity index is 1.61. The number of nitrogens with one attached hydrogen (secondary N) is 1. The lowest BCUT2D eigenvalue weighted by atomic mass is 9.80. The minimum atomic E-state index is -0.523. The number of rotatable bonds is 4. The van der Waals surface area contributed by atoms with Crippen LogP contribution in [-0.4, -0.2) is 27.7 Å². The Morgan fingerprint density at radius 2 is 1.90 bits per heavy atom. The zero-order valence-corrected chi connectivity index (χ0v) is 18.4. The van der Waals surface area contributed by atoms with Crippen molar-refractivity contribution in [3.8, 4) is 0 Å². The molecule has 0 radical (unpaired) electrons. The molecule has 2 aromatic heterocycles. The maximum absolute atomic E-state index is 13.7.